The molecule has 5 rings (SSSR count). The fourth-order valence-electron chi connectivity index (χ4n) is 6.01. The molecule has 3 fully saturated rings. The normalized spacial score (nSPS) is 38.4. The number of aromatic nitrogens is 1. The lowest BCUT2D eigenvalue weighted by molar-refractivity contribution is -0.124. The Morgan fingerprint density at radius 1 is 1.15 bits per heavy atom. The Bertz CT molecular complexity index is 759. The number of pyridine rings is 1. The lowest BCUT2D eigenvalue weighted by atomic mass is 9.70. The van der Waals surface area contributed by atoms with Gasteiger partial charge in [-0.2, -0.15) is 0 Å². The molecule has 1 saturated heterocycles. The Kier molecular flexibility index (Phi) is 3.66. The number of carbonyl (C=O) groups excluding carboxylic acids is 1. The van der Waals surface area contributed by atoms with Gasteiger partial charge in [0.1, 0.15) is 0 Å². The number of amides is 1. The second-order valence-electron chi connectivity index (χ2n) is 9.83. The van der Waals surface area contributed by atoms with Crippen molar-refractivity contribution < 1.29 is 4.79 Å². The molecule has 26 heavy (non-hydrogen) atoms. The maximum atomic E-state index is 13.2. The van der Waals surface area contributed by atoms with Crippen LogP contribution in [0.15, 0.2) is 16.7 Å². The van der Waals surface area contributed by atoms with Crippen molar-refractivity contribution >= 4 is 27.5 Å². The number of piperidine rings is 1. The number of likely N-dealkylation sites (tertiary alicyclic amines) is 1. The number of hydrogen-bond donors (Lipinski definition) is 0. The van der Waals surface area contributed by atoms with E-state index in [1.165, 1.54) is 32.4 Å². The van der Waals surface area contributed by atoms with Gasteiger partial charge in [-0.3, -0.25) is 14.7 Å². The fraction of sp³-hybridized carbons (Fsp3) is 0.714. The highest BCUT2D eigenvalue weighted by Crippen LogP contribution is 2.51. The molecule has 4 aliphatic rings. The topological polar surface area (TPSA) is 36.4 Å². The number of carbonyl (C=O) groups is 1. The van der Waals surface area contributed by atoms with E-state index in [1.807, 2.05) is 20.0 Å². The van der Waals surface area contributed by atoms with Crippen LogP contribution in [0.3, 0.4) is 0 Å². The van der Waals surface area contributed by atoms with Crippen LogP contribution in [0.25, 0.3) is 0 Å². The summed E-state index contributed by atoms with van der Waals surface area (Å²) >= 11 is 3.54. The largest absolute Gasteiger partial charge is 0.307 e. The summed E-state index contributed by atoms with van der Waals surface area (Å²) in [4.78, 5) is 22.6. The van der Waals surface area contributed by atoms with Gasteiger partial charge in [0.25, 0.3) is 0 Å². The maximum absolute atomic E-state index is 13.2. The van der Waals surface area contributed by atoms with Gasteiger partial charge in [0, 0.05) is 35.3 Å². The van der Waals surface area contributed by atoms with Crippen LogP contribution in [0.1, 0.15) is 58.6 Å². The van der Waals surface area contributed by atoms with E-state index in [9.17, 15) is 4.79 Å². The molecule has 1 aromatic heterocycles. The minimum atomic E-state index is -0.522. The summed E-state index contributed by atoms with van der Waals surface area (Å²) in [5.41, 5.74) is 1.68. The quantitative estimate of drug-likeness (QED) is 0.725. The summed E-state index contributed by atoms with van der Waals surface area (Å²) in [6.45, 7) is 8.97. The van der Waals surface area contributed by atoms with Gasteiger partial charge in [-0.25, -0.2) is 0 Å². The molecule has 1 aromatic rings. The molecular weight excluding hydrogens is 390 g/mol. The van der Waals surface area contributed by atoms with E-state index in [1.54, 1.807) is 0 Å². The molecule has 0 radical (unpaired) electrons. The van der Waals surface area contributed by atoms with E-state index >= 15 is 0 Å². The third-order valence-corrected chi connectivity index (χ3v) is 7.96. The van der Waals surface area contributed by atoms with Gasteiger partial charge in [-0.05, 0) is 86.7 Å². The van der Waals surface area contributed by atoms with Gasteiger partial charge in [0.15, 0.2) is 0 Å². The zero-order chi connectivity index (χ0) is 18.3. The van der Waals surface area contributed by atoms with Crippen molar-refractivity contribution in [2.75, 3.05) is 18.0 Å². The van der Waals surface area contributed by atoms with Crippen molar-refractivity contribution in [1.29, 1.82) is 0 Å². The van der Waals surface area contributed by atoms with Gasteiger partial charge in [0.05, 0.1) is 16.8 Å². The third kappa shape index (κ3) is 2.35. The van der Waals surface area contributed by atoms with Gasteiger partial charge in [0.2, 0.25) is 5.91 Å². The predicted octanol–water partition coefficient (Wildman–Crippen LogP) is 4.12. The Morgan fingerprint density at radius 2 is 1.81 bits per heavy atom. The molecular formula is C21H28BrN3O. The molecule has 0 aromatic carbocycles. The highest BCUT2D eigenvalue weighted by atomic mass is 79.9. The van der Waals surface area contributed by atoms with Crippen LogP contribution in [0.4, 0.5) is 5.69 Å². The van der Waals surface area contributed by atoms with Gasteiger partial charge in [-0.15, -0.1) is 0 Å². The molecule has 0 spiro atoms. The first-order valence-corrected chi connectivity index (χ1v) is 10.8. The summed E-state index contributed by atoms with van der Waals surface area (Å²) in [6.07, 6.45) is 8.27. The van der Waals surface area contributed by atoms with E-state index in [4.69, 9.17) is 0 Å². The Balaban J connectivity index is 1.38. The number of hydrogen-bond acceptors (Lipinski definition) is 3. The lowest BCUT2D eigenvalue weighted by Crippen LogP contribution is -2.65. The standard InChI is InChI=1S/C21H28BrN3O/c1-20(2)18-17(7-15(22)10-23-18)25(19(20)26)16-8-21(3,9-16)24-11-13-4-5-14(6-13)12-24/h7,10,13-14,16H,4-6,8-9,11-12H2,1-3H3/t13-,14?,16?,21?/m0/s1. The smallest absolute Gasteiger partial charge is 0.239 e. The number of fused-ring (bicyclic) bond motifs is 3. The molecule has 3 heterocycles. The molecule has 2 aliphatic heterocycles. The van der Waals surface area contributed by atoms with Crippen molar-refractivity contribution in [2.45, 2.75) is 69.9 Å². The lowest BCUT2D eigenvalue weighted by Gasteiger charge is -2.56. The van der Waals surface area contributed by atoms with Crippen molar-refractivity contribution in [3.8, 4) is 0 Å². The van der Waals surface area contributed by atoms with E-state index in [-0.39, 0.29) is 11.4 Å². The minimum absolute atomic E-state index is 0.212. The Hall–Kier alpha value is -0.940. The van der Waals surface area contributed by atoms with Crippen molar-refractivity contribution in [3.63, 3.8) is 0 Å². The number of anilines is 1. The second-order valence-corrected chi connectivity index (χ2v) is 10.7. The summed E-state index contributed by atoms with van der Waals surface area (Å²) in [5, 5.41) is 0. The fourth-order valence-corrected chi connectivity index (χ4v) is 6.33. The first-order chi connectivity index (χ1) is 12.3. The van der Waals surface area contributed by atoms with Gasteiger partial charge in [-0.1, -0.05) is 0 Å². The highest BCUT2D eigenvalue weighted by molar-refractivity contribution is 9.10. The van der Waals surface area contributed by atoms with Crippen LogP contribution in [-0.4, -0.2) is 40.5 Å². The predicted molar refractivity (Wildman–Crippen MR) is 106 cm³/mol. The minimum Gasteiger partial charge on any atom is -0.307 e. The molecule has 140 valence electrons. The number of rotatable bonds is 2. The van der Waals surface area contributed by atoms with Crippen molar-refractivity contribution in [3.05, 3.63) is 22.4 Å². The van der Waals surface area contributed by atoms with Crippen LogP contribution in [0.2, 0.25) is 0 Å². The molecule has 2 atom stereocenters. The average Bonchev–Trinajstić information content (AvgIpc) is 2.99. The van der Waals surface area contributed by atoms with Crippen LogP contribution in [-0.2, 0) is 10.2 Å². The van der Waals surface area contributed by atoms with E-state index in [2.05, 4.69) is 43.7 Å². The Labute approximate surface area is 164 Å². The molecule has 1 unspecified atom stereocenters. The maximum Gasteiger partial charge on any atom is 0.239 e. The molecule has 2 aliphatic carbocycles. The number of halogens is 1. The zero-order valence-corrected chi connectivity index (χ0v) is 17.6. The number of nitrogens with zero attached hydrogens (tertiary/aromatic N) is 3. The monoisotopic (exact) mass is 417 g/mol. The summed E-state index contributed by atoms with van der Waals surface area (Å²) in [6, 6.07) is 2.38. The van der Waals surface area contributed by atoms with Gasteiger partial charge >= 0.3 is 0 Å². The summed E-state index contributed by atoms with van der Waals surface area (Å²) in [5.74, 6) is 2.04. The van der Waals surface area contributed by atoms with E-state index in [0.29, 0.717) is 6.04 Å². The first-order valence-electron chi connectivity index (χ1n) is 10.0. The summed E-state index contributed by atoms with van der Waals surface area (Å²) < 4.78 is 0.946. The Morgan fingerprint density at radius 3 is 2.46 bits per heavy atom. The second kappa shape index (κ2) is 5.54. The third-order valence-electron chi connectivity index (χ3n) is 7.53. The van der Waals surface area contributed by atoms with Gasteiger partial charge < -0.3 is 4.90 Å². The van der Waals surface area contributed by atoms with Crippen molar-refractivity contribution in [2.24, 2.45) is 11.8 Å². The highest BCUT2D eigenvalue weighted by Gasteiger charge is 2.55. The van der Waals surface area contributed by atoms with Crippen LogP contribution in [0, 0.1) is 11.8 Å². The first kappa shape index (κ1) is 17.2. The SMILES string of the molecule is CC1(C)C(=O)N(C2CC(C)(N3CC4CC[C@@H](C4)C3)C2)c2cc(Br)cnc21. The van der Waals surface area contributed by atoms with Crippen LogP contribution >= 0.6 is 15.9 Å². The zero-order valence-electron chi connectivity index (χ0n) is 16.0. The van der Waals surface area contributed by atoms with E-state index < -0.39 is 5.41 Å². The van der Waals surface area contributed by atoms with Crippen LogP contribution in [0.5, 0.6) is 0 Å². The molecule has 2 bridgehead atoms. The summed E-state index contributed by atoms with van der Waals surface area (Å²) in [7, 11) is 0. The molecule has 1 amide bonds. The molecule has 5 heteroatoms. The average molecular weight is 418 g/mol. The van der Waals surface area contributed by atoms with E-state index in [0.717, 1.165) is 40.5 Å². The van der Waals surface area contributed by atoms with Crippen molar-refractivity contribution in [1.82, 2.24) is 9.88 Å². The molecule has 0 N–H and O–H groups in total. The van der Waals surface area contributed by atoms with Crippen LogP contribution < -0.4 is 4.90 Å². The molecule has 2 saturated carbocycles. The molecule has 4 nitrogen and oxygen atoms in total.